The van der Waals surface area contributed by atoms with Gasteiger partial charge < -0.3 is 10.6 Å². The zero-order valence-electron chi connectivity index (χ0n) is 15.8. The molecule has 2 aromatic carbocycles. The molecule has 0 spiro atoms. The molecule has 1 aliphatic rings. The molecule has 154 valence electrons. The minimum Gasteiger partial charge on any atom is -0.352 e. The molecular weight excluding hydrogens is 432 g/mol. The first-order valence-corrected chi connectivity index (χ1v) is 12.0. The lowest BCUT2D eigenvalue weighted by Gasteiger charge is -2.15. The molecule has 0 bridgehead atoms. The molecule has 0 saturated carbocycles. The summed E-state index contributed by atoms with van der Waals surface area (Å²) < 4.78 is 25.8. The van der Waals surface area contributed by atoms with Crippen molar-refractivity contribution >= 4 is 50.7 Å². The number of hydrogen-bond acceptors (Lipinski definition) is 5. The Morgan fingerprint density at radius 3 is 2.69 bits per heavy atom. The van der Waals surface area contributed by atoms with Gasteiger partial charge in [0.05, 0.1) is 15.8 Å². The third kappa shape index (κ3) is 5.52. The van der Waals surface area contributed by atoms with E-state index in [1.807, 2.05) is 0 Å². The Labute approximate surface area is 179 Å². The number of benzene rings is 2. The summed E-state index contributed by atoms with van der Waals surface area (Å²) in [6.45, 7) is 1.81. The average Bonchev–Trinajstić information content (AvgIpc) is 2.87. The zero-order chi connectivity index (χ0) is 21.0. The molecule has 1 aliphatic heterocycles. The first-order valence-electron chi connectivity index (χ1n) is 9.07. The quantitative estimate of drug-likeness (QED) is 0.698. The van der Waals surface area contributed by atoms with E-state index in [1.54, 1.807) is 30.3 Å². The van der Waals surface area contributed by atoms with Crippen molar-refractivity contribution < 1.29 is 18.0 Å². The number of rotatable bonds is 6. The van der Waals surface area contributed by atoms with Crippen LogP contribution in [0.2, 0.25) is 5.02 Å². The second-order valence-electron chi connectivity index (χ2n) is 6.77. The molecule has 29 heavy (non-hydrogen) atoms. The Hall–Kier alpha value is -2.03. The largest absolute Gasteiger partial charge is 0.352 e. The maximum Gasteiger partial charge on any atom is 0.225 e. The van der Waals surface area contributed by atoms with Crippen LogP contribution in [0.3, 0.4) is 0 Å². The number of sulfone groups is 1. The second kappa shape index (κ2) is 9.19. The lowest BCUT2D eigenvalue weighted by molar-refractivity contribution is -0.121. The van der Waals surface area contributed by atoms with Crippen LogP contribution in [0.1, 0.15) is 25.3 Å². The SMILES string of the molecule is C[C@@H](CC(=O)NCc1ccc(Cl)cc1)S(=O)(=O)c1ccc2c(c1)NC(=O)CCS2. The predicted octanol–water partition coefficient (Wildman–Crippen LogP) is 3.64. The van der Waals surface area contributed by atoms with E-state index < -0.39 is 15.1 Å². The third-order valence-corrected chi connectivity index (χ3v) is 8.01. The molecule has 1 heterocycles. The molecule has 0 radical (unpaired) electrons. The maximum atomic E-state index is 12.9. The lowest BCUT2D eigenvalue weighted by Crippen LogP contribution is -2.29. The number of thioether (sulfide) groups is 1. The highest BCUT2D eigenvalue weighted by Crippen LogP contribution is 2.33. The molecule has 3 rings (SSSR count). The number of carbonyl (C=O) groups excluding carboxylic acids is 2. The number of carbonyl (C=O) groups is 2. The molecule has 0 aromatic heterocycles. The van der Waals surface area contributed by atoms with Crippen molar-refractivity contribution in [3.8, 4) is 0 Å². The summed E-state index contributed by atoms with van der Waals surface area (Å²) >= 11 is 7.34. The van der Waals surface area contributed by atoms with Crippen LogP contribution in [-0.2, 0) is 26.0 Å². The van der Waals surface area contributed by atoms with Crippen molar-refractivity contribution in [2.24, 2.45) is 0 Å². The van der Waals surface area contributed by atoms with Crippen molar-refractivity contribution in [1.82, 2.24) is 5.32 Å². The van der Waals surface area contributed by atoms with E-state index in [9.17, 15) is 18.0 Å². The fraction of sp³-hybridized carbons (Fsp3) is 0.300. The van der Waals surface area contributed by atoms with Crippen molar-refractivity contribution in [2.75, 3.05) is 11.1 Å². The van der Waals surface area contributed by atoms with Gasteiger partial charge in [0.2, 0.25) is 11.8 Å². The molecule has 0 unspecified atom stereocenters. The molecule has 0 aliphatic carbocycles. The van der Waals surface area contributed by atoms with Gasteiger partial charge in [-0.1, -0.05) is 23.7 Å². The molecule has 2 amide bonds. The van der Waals surface area contributed by atoms with E-state index in [0.29, 0.717) is 29.4 Å². The van der Waals surface area contributed by atoms with Crippen LogP contribution in [0.25, 0.3) is 0 Å². The maximum absolute atomic E-state index is 12.9. The van der Waals surface area contributed by atoms with Gasteiger partial charge >= 0.3 is 0 Å². The molecule has 2 N–H and O–H groups in total. The van der Waals surface area contributed by atoms with E-state index >= 15 is 0 Å². The Morgan fingerprint density at radius 1 is 1.24 bits per heavy atom. The predicted molar refractivity (Wildman–Crippen MR) is 115 cm³/mol. The van der Waals surface area contributed by atoms with E-state index in [4.69, 9.17) is 11.6 Å². The molecule has 1 atom stereocenters. The number of anilines is 1. The van der Waals surface area contributed by atoms with Crippen LogP contribution >= 0.6 is 23.4 Å². The van der Waals surface area contributed by atoms with Gasteiger partial charge in [-0.05, 0) is 42.8 Å². The summed E-state index contributed by atoms with van der Waals surface area (Å²) in [6, 6.07) is 11.8. The van der Waals surface area contributed by atoms with Crippen LogP contribution in [-0.4, -0.2) is 31.2 Å². The van der Waals surface area contributed by atoms with Crippen LogP contribution in [0, 0.1) is 0 Å². The molecular formula is C20H21ClN2O4S2. The number of hydrogen-bond donors (Lipinski definition) is 2. The Kier molecular flexibility index (Phi) is 6.87. The van der Waals surface area contributed by atoms with Gasteiger partial charge in [-0.3, -0.25) is 9.59 Å². The van der Waals surface area contributed by atoms with Gasteiger partial charge in [0.25, 0.3) is 0 Å². The van der Waals surface area contributed by atoms with Crippen LogP contribution in [0.4, 0.5) is 5.69 Å². The monoisotopic (exact) mass is 452 g/mol. The number of amides is 2. The first kappa shape index (κ1) is 21.7. The normalized spacial score (nSPS) is 15.0. The fourth-order valence-corrected chi connectivity index (χ4v) is 5.29. The minimum absolute atomic E-state index is 0.0945. The highest BCUT2D eigenvalue weighted by Gasteiger charge is 2.27. The average molecular weight is 453 g/mol. The fourth-order valence-electron chi connectivity index (χ4n) is 2.85. The topological polar surface area (TPSA) is 92.3 Å². The van der Waals surface area contributed by atoms with Gasteiger partial charge in [0.1, 0.15) is 0 Å². The van der Waals surface area contributed by atoms with E-state index in [0.717, 1.165) is 10.5 Å². The van der Waals surface area contributed by atoms with Crippen LogP contribution in [0.5, 0.6) is 0 Å². The smallest absolute Gasteiger partial charge is 0.225 e. The summed E-state index contributed by atoms with van der Waals surface area (Å²) in [7, 11) is -3.72. The van der Waals surface area contributed by atoms with Crippen molar-refractivity contribution in [2.45, 2.75) is 41.4 Å². The van der Waals surface area contributed by atoms with Crippen molar-refractivity contribution in [3.05, 3.63) is 53.1 Å². The van der Waals surface area contributed by atoms with Crippen molar-refractivity contribution in [3.63, 3.8) is 0 Å². The summed E-state index contributed by atoms with van der Waals surface area (Å²) in [5.41, 5.74) is 1.37. The van der Waals surface area contributed by atoms with E-state index in [1.165, 1.54) is 30.8 Å². The minimum atomic E-state index is -3.72. The van der Waals surface area contributed by atoms with Crippen molar-refractivity contribution in [1.29, 1.82) is 0 Å². The standard InChI is InChI=1S/C20H21ClN2O4S2/c1-13(10-20(25)22-12-14-2-4-15(21)5-3-14)29(26,27)16-6-7-18-17(11-16)23-19(24)8-9-28-18/h2-7,11,13H,8-10,12H2,1H3,(H,22,25)(H,23,24)/t13-/m0/s1. The lowest BCUT2D eigenvalue weighted by atomic mass is 10.2. The highest BCUT2D eigenvalue weighted by molar-refractivity contribution is 7.99. The molecule has 0 saturated heterocycles. The summed E-state index contributed by atoms with van der Waals surface area (Å²) in [4.78, 5) is 24.9. The third-order valence-electron chi connectivity index (χ3n) is 4.55. The Morgan fingerprint density at radius 2 is 1.97 bits per heavy atom. The molecule has 9 heteroatoms. The Balaban J connectivity index is 1.66. The summed E-state index contributed by atoms with van der Waals surface area (Å²) in [6.07, 6.45) is 0.222. The first-order chi connectivity index (χ1) is 13.8. The molecule has 2 aromatic rings. The summed E-state index contributed by atoms with van der Waals surface area (Å²) in [5, 5.41) is 5.18. The number of nitrogens with one attached hydrogen (secondary N) is 2. The number of halogens is 1. The van der Waals surface area contributed by atoms with Gasteiger partial charge in [0.15, 0.2) is 9.84 Å². The number of fused-ring (bicyclic) bond motifs is 1. The molecule has 6 nitrogen and oxygen atoms in total. The van der Waals surface area contributed by atoms with Gasteiger partial charge in [-0.15, -0.1) is 11.8 Å². The zero-order valence-corrected chi connectivity index (χ0v) is 18.2. The van der Waals surface area contributed by atoms with E-state index in [2.05, 4.69) is 10.6 Å². The van der Waals surface area contributed by atoms with Gasteiger partial charge in [0, 0.05) is 35.1 Å². The second-order valence-corrected chi connectivity index (χ2v) is 10.7. The molecule has 0 fully saturated rings. The Bertz CT molecular complexity index is 1020. The van der Waals surface area contributed by atoms with Crippen LogP contribution in [0.15, 0.2) is 52.3 Å². The van der Waals surface area contributed by atoms with E-state index in [-0.39, 0.29) is 23.1 Å². The highest BCUT2D eigenvalue weighted by atomic mass is 35.5. The van der Waals surface area contributed by atoms with Crippen LogP contribution < -0.4 is 10.6 Å². The van der Waals surface area contributed by atoms with Gasteiger partial charge in [-0.2, -0.15) is 0 Å². The summed E-state index contributed by atoms with van der Waals surface area (Å²) in [5.74, 6) is 0.157. The van der Waals surface area contributed by atoms with Gasteiger partial charge in [-0.25, -0.2) is 8.42 Å².